The molecule has 1 aromatic carbocycles. The van der Waals surface area contributed by atoms with E-state index in [0.717, 1.165) is 43.3 Å². The topological polar surface area (TPSA) is 37.7 Å². The Bertz CT molecular complexity index is 746. The highest BCUT2D eigenvalue weighted by Gasteiger charge is 2.46. The summed E-state index contributed by atoms with van der Waals surface area (Å²) in [6.45, 7) is 5.18. The molecule has 0 aliphatic carbocycles. The summed E-state index contributed by atoms with van der Waals surface area (Å²) in [4.78, 5) is 17.4. The van der Waals surface area contributed by atoms with Crippen LogP contribution in [0.25, 0.3) is 5.69 Å². The number of benzene rings is 1. The Kier molecular flexibility index (Phi) is 3.20. The molecule has 0 bridgehead atoms. The number of ether oxygens (including phenoxy) is 1. The third kappa shape index (κ3) is 2.15. The second kappa shape index (κ2) is 5.13. The zero-order chi connectivity index (χ0) is 16.0. The zero-order valence-corrected chi connectivity index (χ0v) is 13.5. The standard InChI is InChI=1S/C18H21N3O2/c1-18(17(22)20-12-10-19(2)11-13-20)16-8-5-9-21(16)14-6-3-4-7-15(14)23-18/h3-9H,10-13H2,1-2H3. The fraction of sp³-hybridized carbons (Fsp3) is 0.389. The lowest BCUT2D eigenvalue weighted by Gasteiger charge is -2.41. The minimum atomic E-state index is -0.978. The Labute approximate surface area is 136 Å². The summed E-state index contributed by atoms with van der Waals surface area (Å²) in [6, 6.07) is 11.8. The molecule has 0 spiro atoms. The predicted octanol–water partition coefficient (Wildman–Crippen LogP) is 1.86. The summed E-state index contributed by atoms with van der Waals surface area (Å²) in [5.41, 5.74) is 0.893. The van der Waals surface area contributed by atoms with Gasteiger partial charge in [-0.05, 0) is 38.2 Å². The molecular weight excluding hydrogens is 290 g/mol. The molecule has 1 amide bonds. The summed E-state index contributed by atoms with van der Waals surface area (Å²) >= 11 is 0. The van der Waals surface area contributed by atoms with Gasteiger partial charge >= 0.3 is 0 Å². The maximum Gasteiger partial charge on any atom is 0.272 e. The van der Waals surface area contributed by atoms with E-state index in [4.69, 9.17) is 4.74 Å². The van der Waals surface area contributed by atoms with Crippen LogP contribution in [-0.2, 0) is 10.4 Å². The molecular formula is C18H21N3O2. The Morgan fingerprint density at radius 2 is 1.83 bits per heavy atom. The van der Waals surface area contributed by atoms with E-state index in [-0.39, 0.29) is 5.91 Å². The van der Waals surface area contributed by atoms with Gasteiger partial charge in [0.25, 0.3) is 5.91 Å². The third-order valence-electron chi connectivity index (χ3n) is 4.88. The fourth-order valence-electron chi connectivity index (χ4n) is 3.46. The number of piperazine rings is 1. The van der Waals surface area contributed by atoms with Crippen molar-refractivity contribution in [3.05, 3.63) is 48.3 Å². The van der Waals surface area contributed by atoms with E-state index in [1.165, 1.54) is 0 Å². The van der Waals surface area contributed by atoms with Crippen LogP contribution in [0.4, 0.5) is 0 Å². The van der Waals surface area contributed by atoms with Crippen molar-refractivity contribution in [3.63, 3.8) is 0 Å². The molecule has 0 N–H and O–H groups in total. The van der Waals surface area contributed by atoms with Gasteiger partial charge in [0, 0.05) is 32.4 Å². The van der Waals surface area contributed by atoms with Gasteiger partial charge in [-0.15, -0.1) is 0 Å². The predicted molar refractivity (Wildman–Crippen MR) is 87.8 cm³/mol. The molecule has 2 aromatic rings. The number of amides is 1. The first-order valence-electron chi connectivity index (χ1n) is 8.04. The van der Waals surface area contributed by atoms with Crippen molar-refractivity contribution in [1.29, 1.82) is 0 Å². The van der Waals surface area contributed by atoms with Crippen LogP contribution >= 0.6 is 0 Å². The van der Waals surface area contributed by atoms with Crippen molar-refractivity contribution >= 4 is 5.91 Å². The molecule has 3 heterocycles. The minimum Gasteiger partial charge on any atom is -0.469 e. The number of aromatic nitrogens is 1. The Morgan fingerprint density at radius 1 is 1.09 bits per heavy atom. The summed E-state index contributed by atoms with van der Waals surface area (Å²) < 4.78 is 8.28. The van der Waals surface area contributed by atoms with E-state index in [1.54, 1.807) is 0 Å². The highest BCUT2D eigenvalue weighted by Crippen LogP contribution is 2.40. The van der Waals surface area contributed by atoms with Crippen LogP contribution in [0, 0.1) is 0 Å². The van der Waals surface area contributed by atoms with Crippen LogP contribution in [0.1, 0.15) is 12.6 Å². The fourth-order valence-corrected chi connectivity index (χ4v) is 3.46. The van der Waals surface area contributed by atoms with Gasteiger partial charge in [-0.3, -0.25) is 4.79 Å². The van der Waals surface area contributed by atoms with E-state index in [9.17, 15) is 4.79 Å². The lowest BCUT2D eigenvalue weighted by Crippen LogP contribution is -2.56. The minimum absolute atomic E-state index is 0.0417. The average molecular weight is 311 g/mol. The van der Waals surface area contributed by atoms with Gasteiger partial charge in [0.05, 0.1) is 11.4 Å². The SMILES string of the molecule is CN1CCN(C(=O)C2(C)Oc3ccccc3-n3cccc32)CC1. The number of para-hydroxylation sites is 2. The molecule has 5 heteroatoms. The second-order valence-corrected chi connectivity index (χ2v) is 6.46. The molecule has 1 saturated heterocycles. The van der Waals surface area contributed by atoms with Crippen molar-refractivity contribution in [3.8, 4) is 11.4 Å². The number of carbonyl (C=O) groups excluding carboxylic acids is 1. The van der Waals surface area contributed by atoms with Gasteiger partial charge in [0.15, 0.2) is 0 Å². The lowest BCUT2D eigenvalue weighted by atomic mass is 9.97. The maximum absolute atomic E-state index is 13.2. The van der Waals surface area contributed by atoms with Gasteiger partial charge in [-0.2, -0.15) is 0 Å². The van der Waals surface area contributed by atoms with Crippen molar-refractivity contribution in [2.75, 3.05) is 33.2 Å². The first-order chi connectivity index (χ1) is 11.1. The number of hydrogen-bond donors (Lipinski definition) is 0. The number of carbonyl (C=O) groups is 1. The van der Waals surface area contributed by atoms with Gasteiger partial charge < -0.3 is 19.1 Å². The first-order valence-corrected chi connectivity index (χ1v) is 8.04. The van der Waals surface area contributed by atoms with E-state index in [2.05, 4.69) is 16.5 Å². The molecule has 0 radical (unpaired) electrons. The van der Waals surface area contributed by atoms with Gasteiger partial charge in [0.2, 0.25) is 5.60 Å². The molecule has 1 atom stereocenters. The molecule has 1 fully saturated rings. The quantitative estimate of drug-likeness (QED) is 0.807. The molecule has 5 nitrogen and oxygen atoms in total. The molecule has 23 heavy (non-hydrogen) atoms. The number of rotatable bonds is 1. The summed E-state index contributed by atoms with van der Waals surface area (Å²) in [5, 5.41) is 0. The lowest BCUT2D eigenvalue weighted by molar-refractivity contribution is -0.150. The molecule has 4 rings (SSSR count). The number of fused-ring (bicyclic) bond motifs is 3. The van der Waals surface area contributed by atoms with E-state index in [1.807, 2.05) is 54.4 Å². The maximum atomic E-state index is 13.2. The van der Waals surface area contributed by atoms with E-state index in [0.29, 0.717) is 0 Å². The normalized spacial score (nSPS) is 23.8. The summed E-state index contributed by atoms with van der Waals surface area (Å²) in [7, 11) is 2.09. The van der Waals surface area contributed by atoms with Crippen molar-refractivity contribution in [1.82, 2.24) is 14.4 Å². The number of nitrogens with zero attached hydrogens (tertiary/aromatic N) is 3. The molecule has 120 valence electrons. The molecule has 0 saturated carbocycles. The first kappa shape index (κ1) is 14.3. The summed E-state index contributed by atoms with van der Waals surface area (Å²) in [5.74, 6) is 0.793. The van der Waals surface area contributed by atoms with Crippen LogP contribution in [0.2, 0.25) is 0 Å². The van der Waals surface area contributed by atoms with Crippen molar-refractivity contribution in [2.24, 2.45) is 0 Å². The monoisotopic (exact) mass is 311 g/mol. The Hall–Kier alpha value is -2.27. The van der Waals surface area contributed by atoms with E-state index >= 15 is 0 Å². The molecule has 1 unspecified atom stereocenters. The van der Waals surface area contributed by atoms with Gasteiger partial charge in [0.1, 0.15) is 5.75 Å². The van der Waals surface area contributed by atoms with Crippen LogP contribution in [0.15, 0.2) is 42.6 Å². The Balaban J connectivity index is 1.73. The molecule has 1 aromatic heterocycles. The van der Waals surface area contributed by atoms with E-state index < -0.39 is 5.60 Å². The third-order valence-corrected chi connectivity index (χ3v) is 4.88. The number of likely N-dealkylation sites (N-methyl/N-ethyl adjacent to an activating group) is 1. The smallest absolute Gasteiger partial charge is 0.272 e. The van der Waals surface area contributed by atoms with Crippen LogP contribution in [0.5, 0.6) is 5.75 Å². The number of hydrogen-bond acceptors (Lipinski definition) is 3. The van der Waals surface area contributed by atoms with Crippen molar-refractivity contribution in [2.45, 2.75) is 12.5 Å². The van der Waals surface area contributed by atoms with Crippen molar-refractivity contribution < 1.29 is 9.53 Å². The summed E-state index contributed by atoms with van der Waals surface area (Å²) in [6.07, 6.45) is 1.99. The average Bonchev–Trinajstić information content (AvgIpc) is 3.06. The highest BCUT2D eigenvalue weighted by molar-refractivity contribution is 5.87. The van der Waals surface area contributed by atoms with Crippen LogP contribution in [0.3, 0.4) is 0 Å². The zero-order valence-electron chi connectivity index (χ0n) is 13.5. The second-order valence-electron chi connectivity index (χ2n) is 6.46. The van der Waals surface area contributed by atoms with Gasteiger partial charge in [-0.1, -0.05) is 12.1 Å². The molecule has 2 aliphatic heterocycles. The van der Waals surface area contributed by atoms with Gasteiger partial charge in [-0.25, -0.2) is 0 Å². The van der Waals surface area contributed by atoms with Crippen LogP contribution in [-0.4, -0.2) is 53.5 Å². The highest BCUT2D eigenvalue weighted by atomic mass is 16.5. The Morgan fingerprint density at radius 3 is 2.61 bits per heavy atom. The molecule has 2 aliphatic rings. The van der Waals surface area contributed by atoms with Crippen LogP contribution < -0.4 is 4.74 Å². The largest absolute Gasteiger partial charge is 0.469 e.